The normalized spacial score (nSPS) is 13.3. The van der Waals surface area contributed by atoms with Crippen LogP contribution in [0, 0.1) is 0 Å². The first-order valence-corrected chi connectivity index (χ1v) is 26.2. The van der Waals surface area contributed by atoms with Crippen LogP contribution < -0.4 is 15.7 Å². The van der Waals surface area contributed by atoms with E-state index in [4.69, 9.17) is 9.47 Å². The molecular weight excluding hydrogens is 791 g/mol. The smallest absolute Gasteiger partial charge is 0.407 e. The van der Waals surface area contributed by atoms with E-state index in [0.29, 0.717) is 19.5 Å². The number of hydrogen-bond acceptors (Lipinski definition) is 9. The van der Waals surface area contributed by atoms with Crippen LogP contribution >= 0.6 is 0 Å². The van der Waals surface area contributed by atoms with Gasteiger partial charge in [-0.15, -0.1) is 0 Å². The summed E-state index contributed by atoms with van der Waals surface area (Å²) in [6, 6.07) is -0.698. The van der Waals surface area contributed by atoms with E-state index in [1.54, 1.807) is 0 Å². The lowest BCUT2D eigenvalue weighted by Gasteiger charge is -2.29. The number of aliphatic hydroxyl groups is 1. The Kier molecular flexibility index (Phi) is 41.9. The lowest BCUT2D eigenvalue weighted by Crippen LogP contribution is -2.48. The van der Waals surface area contributed by atoms with Crippen LogP contribution in [0.3, 0.4) is 0 Å². The van der Waals surface area contributed by atoms with Crippen molar-refractivity contribution in [1.29, 1.82) is 0 Å². The minimum absolute atomic E-state index is 0.106. The molecule has 0 heterocycles. The molecule has 0 bridgehead atoms. The molecule has 0 spiro atoms. The minimum Gasteiger partial charge on any atom is -0.595 e. The van der Waals surface area contributed by atoms with E-state index in [9.17, 15) is 19.8 Å². The molecule has 0 aliphatic rings. The van der Waals surface area contributed by atoms with Crippen LogP contribution in [0.25, 0.3) is 0 Å². The fraction of sp³-hybridized carbons (Fsp3) is 0.904. The van der Waals surface area contributed by atoms with Crippen LogP contribution in [0.2, 0.25) is 0 Å². The second-order valence-corrected chi connectivity index (χ2v) is 19.3. The van der Waals surface area contributed by atoms with Gasteiger partial charge in [-0.05, 0) is 91.3 Å². The zero-order valence-electron chi connectivity index (χ0n) is 42.3. The fourth-order valence-corrected chi connectivity index (χ4v) is 7.72. The Labute approximate surface area is 388 Å². The number of carbonyl (C=O) groups is 2. The molecular formula is C52H102N5O6-. The van der Waals surface area contributed by atoms with Crippen molar-refractivity contribution >= 4 is 18.1 Å². The average Bonchev–Trinajstić information content (AvgIpc) is 3.24. The Hall–Kier alpha value is -2.37. The summed E-state index contributed by atoms with van der Waals surface area (Å²) in [6.07, 6.45) is 37.6. The summed E-state index contributed by atoms with van der Waals surface area (Å²) in [7, 11) is 4.20. The second kappa shape index (κ2) is 43.5. The maximum absolute atomic E-state index is 13.0. The maximum Gasteiger partial charge on any atom is 0.407 e. The molecule has 0 saturated heterocycles. The van der Waals surface area contributed by atoms with Crippen molar-refractivity contribution in [2.75, 3.05) is 60.0 Å². The summed E-state index contributed by atoms with van der Waals surface area (Å²) in [6.45, 7) is 14.4. The summed E-state index contributed by atoms with van der Waals surface area (Å²) in [5.41, 5.74) is -0.517. The number of ether oxygens (including phenoxy) is 2. The van der Waals surface area contributed by atoms with Crippen LogP contribution in [0.1, 0.15) is 227 Å². The molecule has 2 atom stereocenters. The molecule has 0 saturated carbocycles. The van der Waals surface area contributed by atoms with Crippen molar-refractivity contribution in [1.82, 2.24) is 20.4 Å². The van der Waals surface area contributed by atoms with Crippen molar-refractivity contribution in [3.8, 4) is 0 Å². The molecule has 63 heavy (non-hydrogen) atoms. The van der Waals surface area contributed by atoms with Crippen LogP contribution in [-0.4, -0.2) is 111 Å². The van der Waals surface area contributed by atoms with E-state index >= 15 is 0 Å². The van der Waals surface area contributed by atoms with Gasteiger partial charge >= 0.3 is 6.09 Å². The molecule has 11 nitrogen and oxygen atoms in total. The van der Waals surface area contributed by atoms with Crippen LogP contribution in [0.15, 0.2) is 17.1 Å². The molecule has 0 unspecified atom stereocenters. The Bertz CT molecular complexity index is 1100. The third-order valence-electron chi connectivity index (χ3n) is 11.6. The highest BCUT2D eigenvalue weighted by Crippen LogP contribution is 2.15. The van der Waals surface area contributed by atoms with Gasteiger partial charge < -0.3 is 40.1 Å². The number of allylic oxidation sites excluding steroid dienone is 1. The molecule has 0 rings (SSSR count). The summed E-state index contributed by atoms with van der Waals surface area (Å²) < 4.78 is 11.1. The number of aliphatic hydroxyl groups excluding tert-OH is 1. The molecule has 0 aliphatic carbocycles. The number of hydrogen-bond donors (Lipinski definition) is 3. The van der Waals surface area contributed by atoms with Crippen molar-refractivity contribution in [3.63, 3.8) is 0 Å². The largest absolute Gasteiger partial charge is 0.595 e. The zero-order valence-corrected chi connectivity index (χ0v) is 42.3. The molecule has 0 aliphatic heterocycles. The Morgan fingerprint density at radius 2 is 1.10 bits per heavy atom. The van der Waals surface area contributed by atoms with Crippen molar-refractivity contribution in [3.05, 3.63) is 12.2 Å². The Morgan fingerprint density at radius 1 is 0.651 bits per heavy atom. The van der Waals surface area contributed by atoms with E-state index in [1.807, 2.05) is 32.9 Å². The van der Waals surface area contributed by atoms with Crippen LogP contribution in [0.4, 0.5) is 4.79 Å². The number of carbonyl (C=O) groups excluding carboxylic acids is 2. The molecule has 0 aromatic heterocycles. The summed E-state index contributed by atoms with van der Waals surface area (Å²) in [5.74, 6) is -0.106. The number of nitrogens with one attached hydrogen (secondary N) is 2. The molecule has 2 amide bonds. The first-order valence-electron chi connectivity index (χ1n) is 26.2. The predicted molar refractivity (Wildman–Crippen MR) is 264 cm³/mol. The van der Waals surface area contributed by atoms with Crippen LogP contribution in [0.5, 0.6) is 0 Å². The number of rotatable bonds is 44. The van der Waals surface area contributed by atoms with E-state index in [-0.39, 0.29) is 12.5 Å². The molecule has 3 N–H and O–H groups in total. The highest BCUT2D eigenvalue weighted by Gasteiger charge is 2.24. The lowest BCUT2D eigenvalue weighted by molar-refractivity contribution is -0.260. The predicted octanol–water partition coefficient (Wildman–Crippen LogP) is 11.3. The fourth-order valence-electron chi connectivity index (χ4n) is 7.72. The Morgan fingerprint density at radius 3 is 1.57 bits per heavy atom. The van der Waals surface area contributed by atoms with Crippen molar-refractivity contribution < 1.29 is 29.3 Å². The van der Waals surface area contributed by atoms with E-state index in [0.717, 1.165) is 84.0 Å². The molecule has 372 valence electrons. The number of aliphatic imine (C=N–C) groups is 1. The third-order valence-corrected chi connectivity index (χ3v) is 11.6. The lowest BCUT2D eigenvalue weighted by atomic mass is 10.0. The molecule has 0 aromatic rings. The molecule has 11 heteroatoms. The number of alkyl carbamates (subject to hydrolysis) is 1. The molecule has 0 radical (unpaired) electrons. The highest BCUT2D eigenvalue weighted by molar-refractivity contribution is 5.76. The van der Waals surface area contributed by atoms with Gasteiger partial charge in [0.05, 0.1) is 12.6 Å². The van der Waals surface area contributed by atoms with Gasteiger partial charge in [-0.2, -0.15) is 0 Å². The highest BCUT2D eigenvalue weighted by atomic mass is 16.6. The summed E-state index contributed by atoms with van der Waals surface area (Å²) in [4.78, 5) is 34.5. The van der Waals surface area contributed by atoms with Crippen LogP contribution in [-0.2, 0) is 14.3 Å². The van der Waals surface area contributed by atoms with Gasteiger partial charge in [-0.1, -0.05) is 182 Å². The van der Waals surface area contributed by atoms with E-state index in [1.165, 1.54) is 128 Å². The molecule has 0 aromatic carbocycles. The first kappa shape index (κ1) is 60.6. The second-order valence-electron chi connectivity index (χ2n) is 19.3. The topological polar surface area (TPSA) is 139 Å². The van der Waals surface area contributed by atoms with Gasteiger partial charge in [0.25, 0.3) is 0 Å². The van der Waals surface area contributed by atoms with Gasteiger partial charge in [0.2, 0.25) is 5.91 Å². The summed E-state index contributed by atoms with van der Waals surface area (Å²) >= 11 is 0. The van der Waals surface area contributed by atoms with Gasteiger partial charge in [0, 0.05) is 25.1 Å². The number of nitrogens with zero attached hydrogens (tertiary/aromatic N) is 3. The van der Waals surface area contributed by atoms with Gasteiger partial charge in [0.1, 0.15) is 12.2 Å². The van der Waals surface area contributed by atoms with Gasteiger partial charge in [-0.25, -0.2) is 4.79 Å². The third kappa shape index (κ3) is 43.3. The van der Waals surface area contributed by atoms with Crippen molar-refractivity contribution in [2.24, 2.45) is 4.99 Å². The van der Waals surface area contributed by atoms with E-state index < -0.39 is 29.9 Å². The number of amides is 2. The quantitative estimate of drug-likeness (QED) is 0.0238. The average molecular weight is 893 g/mol. The summed E-state index contributed by atoms with van der Waals surface area (Å²) in [5, 5.41) is 28.0. The number of unbranched alkanes of at least 4 members (excludes halogenated alkanes) is 24. The maximum atomic E-state index is 13.0. The van der Waals surface area contributed by atoms with Gasteiger partial charge in [-0.3, -0.25) is 9.79 Å². The SMILES string of the molecule is CCCCCCCCCCCCC/C=C/[C@@H](OC(=O)NCCCN(C)CCCCN(C)CCCN=C([O-])OC(C)(C)C)[C@H](CO)NC(=O)CCCCCCCCCCCCCCC. The van der Waals surface area contributed by atoms with E-state index in [2.05, 4.69) is 53.4 Å². The monoisotopic (exact) mass is 893 g/mol. The minimum atomic E-state index is -0.751. The standard InChI is InChI=1S/C52H103N5O6/c1-8-10-12-14-16-18-20-22-24-26-28-30-32-38-48(47(46-58)55-49(59)39-33-31-29-27-25-23-21-19-17-15-13-11-9-2)62-50(60)53-40-36-44-56(6)42-34-35-43-57(7)45-37-41-54-51(61)63-52(3,4)5/h32,38,47-48,58H,8-31,33-37,39-46H2,1-7H3,(H,53,60)(H,54,61)(H,55,59)/p-1/b38-32+/t47-,48+/m0/s1. The van der Waals surface area contributed by atoms with Crippen molar-refractivity contribution in [2.45, 2.75) is 245 Å². The zero-order chi connectivity index (χ0) is 46.7. The molecule has 0 fully saturated rings. The first-order chi connectivity index (χ1) is 30.4. The van der Waals surface area contributed by atoms with Gasteiger partial charge in [0.15, 0.2) is 0 Å². The Balaban J connectivity index is 4.67.